The molecule has 0 saturated heterocycles. The number of carboxylic acid groups (broad SMARTS) is 1. The molecule has 0 radical (unpaired) electrons. The summed E-state index contributed by atoms with van der Waals surface area (Å²) in [6, 6.07) is 8.53. The van der Waals surface area contributed by atoms with E-state index in [1.165, 1.54) is 12.1 Å². The first kappa shape index (κ1) is 20.9. The van der Waals surface area contributed by atoms with Crippen molar-refractivity contribution in [2.75, 3.05) is 6.61 Å². The fraction of sp³-hybridized carbons (Fsp3) is 0.222. The Balaban J connectivity index is 1.68. The maximum Gasteiger partial charge on any atom is 0.404 e. The summed E-state index contributed by atoms with van der Waals surface area (Å²) >= 11 is 0. The molecule has 1 aromatic carbocycles. The largest absolute Gasteiger partial charge is 0.465 e. The van der Waals surface area contributed by atoms with Crippen LogP contribution in [0.2, 0.25) is 0 Å². The number of alkyl halides is 2. The molecule has 1 amide bonds. The van der Waals surface area contributed by atoms with Crippen LogP contribution in [0.5, 0.6) is 17.4 Å². The lowest BCUT2D eigenvalue weighted by molar-refractivity contribution is -0.0501. The molecule has 0 spiro atoms. The molecule has 0 aliphatic carbocycles. The summed E-state index contributed by atoms with van der Waals surface area (Å²) in [5, 5.41) is 23.9. The summed E-state index contributed by atoms with van der Waals surface area (Å²) in [6.07, 6.45) is -0.149. The molecular formula is C18H16F2N4O6. The molecule has 1 unspecified atom stereocenters. The maximum absolute atomic E-state index is 12.2. The zero-order valence-corrected chi connectivity index (χ0v) is 15.2. The Morgan fingerprint density at radius 1 is 1.23 bits per heavy atom. The number of aliphatic hydroxyl groups is 1. The molecule has 158 valence electrons. The van der Waals surface area contributed by atoms with E-state index in [0.29, 0.717) is 11.3 Å². The number of hydrogen-bond acceptors (Lipinski definition) is 8. The maximum atomic E-state index is 12.2. The molecule has 3 rings (SSSR count). The zero-order valence-electron chi connectivity index (χ0n) is 15.2. The lowest BCUT2D eigenvalue weighted by Gasteiger charge is -2.10. The smallest absolute Gasteiger partial charge is 0.404 e. The van der Waals surface area contributed by atoms with Gasteiger partial charge in [-0.1, -0.05) is 17.3 Å². The number of nitrogens with one attached hydrogen (secondary N) is 1. The molecule has 12 heteroatoms. The molecule has 10 nitrogen and oxygen atoms in total. The van der Waals surface area contributed by atoms with Crippen LogP contribution in [0.4, 0.5) is 13.6 Å². The van der Waals surface area contributed by atoms with Gasteiger partial charge in [0.1, 0.15) is 11.5 Å². The van der Waals surface area contributed by atoms with Crippen LogP contribution in [0.25, 0.3) is 11.4 Å². The van der Waals surface area contributed by atoms with E-state index in [2.05, 4.69) is 25.2 Å². The van der Waals surface area contributed by atoms with E-state index in [0.717, 1.165) is 6.20 Å². The van der Waals surface area contributed by atoms with Gasteiger partial charge < -0.3 is 29.5 Å². The van der Waals surface area contributed by atoms with Gasteiger partial charge in [-0.05, 0) is 18.2 Å². The minimum atomic E-state index is -2.94. The summed E-state index contributed by atoms with van der Waals surface area (Å²) in [4.78, 5) is 18.8. The van der Waals surface area contributed by atoms with Crippen LogP contribution in [-0.4, -0.2) is 50.7 Å². The van der Waals surface area contributed by atoms with Gasteiger partial charge in [0, 0.05) is 18.1 Å². The number of hydrogen-bond donors (Lipinski definition) is 3. The molecule has 0 aliphatic heterocycles. The first-order valence-electron chi connectivity index (χ1n) is 8.55. The van der Waals surface area contributed by atoms with Crippen molar-refractivity contribution in [2.45, 2.75) is 19.1 Å². The van der Waals surface area contributed by atoms with E-state index in [4.69, 9.17) is 14.4 Å². The van der Waals surface area contributed by atoms with Crippen molar-refractivity contribution in [1.82, 2.24) is 20.4 Å². The van der Waals surface area contributed by atoms with Gasteiger partial charge in [-0.25, -0.2) is 9.78 Å². The van der Waals surface area contributed by atoms with Crippen LogP contribution in [0.15, 0.2) is 47.1 Å². The predicted molar refractivity (Wildman–Crippen MR) is 96.4 cm³/mol. The van der Waals surface area contributed by atoms with E-state index in [1.54, 1.807) is 24.3 Å². The molecule has 3 aromatic rings. The highest BCUT2D eigenvalue weighted by atomic mass is 19.3. The highest BCUT2D eigenvalue weighted by molar-refractivity contribution is 5.64. The van der Waals surface area contributed by atoms with Gasteiger partial charge in [0.05, 0.1) is 18.8 Å². The second-order valence-electron chi connectivity index (χ2n) is 5.89. The lowest BCUT2D eigenvalue weighted by atomic mass is 10.2. The van der Waals surface area contributed by atoms with Gasteiger partial charge in [0.2, 0.25) is 17.6 Å². The standard InChI is InChI=1S/C18H16F2N4O6/c19-17(20)29-13-4-5-14(21-8-13)28-12-3-1-2-10(6-12)16-23-15(30-24-16)7-11(9-25)22-18(26)27/h1-6,8,11,17,22,25H,7,9H2,(H,26,27). The fourth-order valence-corrected chi connectivity index (χ4v) is 2.42. The summed E-state index contributed by atoms with van der Waals surface area (Å²) in [7, 11) is 0. The minimum absolute atomic E-state index is 0.0168. The third kappa shape index (κ3) is 5.85. The predicted octanol–water partition coefficient (Wildman–Crippen LogP) is 2.70. The van der Waals surface area contributed by atoms with E-state index in [9.17, 15) is 18.7 Å². The highest BCUT2D eigenvalue weighted by Crippen LogP contribution is 2.26. The third-order valence-electron chi connectivity index (χ3n) is 3.69. The molecule has 1 atom stereocenters. The lowest BCUT2D eigenvalue weighted by Crippen LogP contribution is -2.38. The second-order valence-corrected chi connectivity index (χ2v) is 5.89. The van der Waals surface area contributed by atoms with Gasteiger partial charge in [-0.3, -0.25) is 0 Å². The molecule has 2 heterocycles. The number of nitrogens with zero attached hydrogens (tertiary/aromatic N) is 3. The molecule has 0 bridgehead atoms. The van der Waals surface area contributed by atoms with Crippen molar-refractivity contribution < 1.29 is 37.8 Å². The van der Waals surface area contributed by atoms with E-state index < -0.39 is 25.4 Å². The van der Waals surface area contributed by atoms with Crippen LogP contribution in [0, 0.1) is 0 Å². The van der Waals surface area contributed by atoms with E-state index >= 15 is 0 Å². The van der Waals surface area contributed by atoms with Gasteiger partial charge in [-0.2, -0.15) is 13.8 Å². The Kier molecular flexibility index (Phi) is 6.70. The second kappa shape index (κ2) is 9.60. The van der Waals surface area contributed by atoms with E-state index in [1.807, 2.05) is 0 Å². The van der Waals surface area contributed by atoms with Crippen LogP contribution < -0.4 is 14.8 Å². The van der Waals surface area contributed by atoms with E-state index in [-0.39, 0.29) is 29.8 Å². The summed E-state index contributed by atoms with van der Waals surface area (Å²) < 4.78 is 39.3. The molecule has 0 fully saturated rings. The van der Waals surface area contributed by atoms with Gasteiger partial charge in [0.25, 0.3) is 0 Å². The number of aliphatic hydroxyl groups excluding tert-OH is 1. The Hall–Kier alpha value is -3.80. The van der Waals surface area contributed by atoms with Gasteiger partial charge in [0.15, 0.2) is 0 Å². The summed E-state index contributed by atoms with van der Waals surface area (Å²) in [6.45, 7) is -3.37. The Labute approximate surface area is 168 Å². The van der Waals surface area contributed by atoms with Crippen molar-refractivity contribution in [3.05, 3.63) is 48.5 Å². The molecule has 30 heavy (non-hydrogen) atoms. The molecule has 2 aromatic heterocycles. The highest BCUT2D eigenvalue weighted by Gasteiger charge is 2.17. The van der Waals surface area contributed by atoms with Crippen molar-refractivity contribution in [1.29, 1.82) is 0 Å². The summed E-state index contributed by atoms with van der Waals surface area (Å²) in [5.74, 6) is 0.822. The van der Waals surface area contributed by atoms with Crippen molar-refractivity contribution in [2.24, 2.45) is 0 Å². The average Bonchev–Trinajstić information content (AvgIpc) is 3.17. The number of halogens is 2. The Bertz CT molecular complexity index is 983. The Morgan fingerprint density at radius 2 is 2.07 bits per heavy atom. The van der Waals surface area contributed by atoms with Gasteiger partial charge >= 0.3 is 12.7 Å². The zero-order chi connectivity index (χ0) is 21.5. The van der Waals surface area contributed by atoms with Crippen molar-refractivity contribution in [3.8, 4) is 28.8 Å². The van der Waals surface area contributed by atoms with Crippen LogP contribution in [0.1, 0.15) is 5.89 Å². The monoisotopic (exact) mass is 422 g/mol. The average molecular weight is 422 g/mol. The summed E-state index contributed by atoms with van der Waals surface area (Å²) in [5.41, 5.74) is 0.548. The molecule has 0 saturated carbocycles. The number of amides is 1. The molecular weight excluding hydrogens is 406 g/mol. The van der Waals surface area contributed by atoms with Crippen LogP contribution >= 0.6 is 0 Å². The number of carbonyl (C=O) groups is 1. The number of pyridine rings is 1. The van der Waals surface area contributed by atoms with Crippen LogP contribution in [-0.2, 0) is 6.42 Å². The first-order valence-corrected chi connectivity index (χ1v) is 8.55. The molecule has 3 N–H and O–H groups in total. The minimum Gasteiger partial charge on any atom is -0.465 e. The normalized spacial score (nSPS) is 11.9. The third-order valence-corrected chi connectivity index (χ3v) is 3.69. The first-order chi connectivity index (χ1) is 14.4. The quantitative estimate of drug-likeness (QED) is 0.475. The SMILES string of the molecule is O=C(O)NC(CO)Cc1nc(-c2cccc(Oc3ccc(OC(F)F)cn3)c2)no1. The number of aromatic nitrogens is 3. The number of ether oxygens (including phenoxy) is 2. The van der Waals surface area contributed by atoms with Crippen LogP contribution in [0.3, 0.4) is 0 Å². The van der Waals surface area contributed by atoms with Crippen molar-refractivity contribution >= 4 is 6.09 Å². The topological polar surface area (TPSA) is 140 Å². The number of rotatable bonds is 9. The molecule has 0 aliphatic rings. The Morgan fingerprint density at radius 3 is 2.73 bits per heavy atom. The van der Waals surface area contributed by atoms with Crippen molar-refractivity contribution in [3.63, 3.8) is 0 Å². The number of benzene rings is 1. The fourth-order valence-electron chi connectivity index (χ4n) is 2.42. The van der Waals surface area contributed by atoms with Gasteiger partial charge in [-0.15, -0.1) is 0 Å².